The number of nitrogens with one attached hydrogen (secondary N) is 1. The Hall–Kier alpha value is -3.28. The van der Waals surface area contributed by atoms with Crippen molar-refractivity contribution in [2.45, 2.75) is 13.8 Å². The van der Waals surface area contributed by atoms with E-state index in [1.165, 1.54) is 0 Å². The maximum Gasteiger partial charge on any atom is 0.341 e. The fourth-order valence-electron chi connectivity index (χ4n) is 2.69. The van der Waals surface area contributed by atoms with Crippen molar-refractivity contribution >= 4 is 28.3 Å². The summed E-state index contributed by atoms with van der Waals surface area (Å²) < 4.78 is 10.7. The summed E-state index contributed by atoms with van der Waals surface area (Å²) in [5.41, 5.74) is 1.09. The number of hydrogen-bond donors (Lipinski definition) is 2. The number of furan rings is 1. The van der Waals surface area contributed by atoms with E-state index >= 15 is 0 Å². The average molecular weight is 339 g/mol. The van der Waals surface area contributed by atoms with Crippen LogP contribution in [0.3, 0.4) is 0 Å². The van der Waals surface area contributed by atoms with Crippen LogP contribution in [0.4, 0.5) is 5.69 Å². The minimum absolute atomic E-state index is 0.265. The van der Waals surface area contributed by atoms with Crippen molar-refractivity contribution in [3.05, 3.63) is 59.5 Å². The first-order valence-corrected chi connectivity index (χ1v) is 7.70. The number of fused-ring (bicyclic) bond motifs is 1. The van der Waals surface area contributed by atoms with E-state index in [0.717, 1.165) is 10.8 Å². The molecule has 0 unspecified atom stereocenters. The highest BCUT2D eigenvalue weighted by molar-refractivity contribution is 6.10. The number of ether oxygens (including phenoxy) is 1. The molecule has 1 amide bonds. The number of amides is 1. The van der Waals surface area contributed by atoms with E-state index in [2.05, 4.69) is 5.32 Å². The number of anilines is 1. The van der Waals surface area contributed by atoms with Crippen LogP contribution < -0.4 is 10.1 Å². The van der Waals surface area contributed by atoms with Crippen LogP contribution in [0, 0.1) is 13.8 Å². The number of aliphatic carboxylic acids is 1. The van der Waals surface area contributed by atoms with Crippen molar-refractivity contribution in [2.75, 3.05) is 11.9 Å². The van der Waals surface area contributed by atoms with E-state index in [-0.39, 0.29) is 5.91 Å². The first kappa shape index (κ1) is 16.6. The van der Waals surface area contributed by atoms with Gasteiger partial charge in [0.25, 0.3) is 5.91 Å². The van der Waals surface area contributed by atoms with Crippen LogP contribution in [0.5, 0.6) is 5.75 Å². The molecule has 128 valence electrons. The van der Waals surface area contributed by atoms with Crippen molar-refractivity contribution in [1.82, 2.24) is 0 Å². The molecule has 2 N–H and O–H groups in total. The summed E-state index contributed by atoms with van der Waals surface area (Å²) in [5.74, 6) is 0.364. The van der Waals surface area contributed by atoms with Crippen molar-refractivity contribution in [3.63, 3.8) is 0 Å². The first-order chi connectivity index (χ1) is 12.0. The van der Waals surface area contributed by atoms with E-state index in [9.17, 15) is 9.59 Å². The molecule has 0 aliphatic rings. The number of carbonyl (C=O) groups is 2. The van der Waals surface area contributed by atoms with Gasteiger partial charge < -0.3 is 19.6 Å². The summed E-state index contributed by atoms with van der Waals surface area (Å²) >= 11 is 0. The molecule has 6 heteroatoms. The SMILES string of the molecule is Cc1cc(C(=O)Nc2ccc(OCC(=O)O)c3ccccc23)c(C)o1. The van der Waals surface area contributed by atoms with Gasteiger partial charge in [-0.05, 0) is 32.0 Å². The van der Waals surface area contributed by atoms with Crippen LogP contribution in [-0.4, -0.2) is 23.6 Å². The van der Waals surface area contributed by atoms with Crippen LogP contribution in [-0.2, 0) is 4.79 Å². The zero-order chi connectivity index (χ0) is 18.0. The fraction of sp³-hybridized carbons (Fsp3) is 0.158. The Bertz CT molecular complexity index is 958. The van der Waals surface area contributed by atoms with Crippen LogP contribution in [0.1, 0.15) is 21.9 Å². The van der Waals surface area contributed by atoms with Crippen molar-refractivity contribution in [1.29, 1.82) is 0 Å². The molecule has 0 bridgehead atoms. The minimum Gasteiger partial charge on any atom is -0.481 e. The highest BCUT2D eigenvalue weighted by Gasteiger charge is 2.16. The third kappa shape index (κ3) is 3.47. The molecule has 25 heavy (non-hydrogen) atoms. The van der Waals surface area contributed by atoms with E-state index in [1.807, 2.05) is 24.3 Å². The molecule has 0 radical (unpaired) electrons. The van der Waals surface area contributed by atoms with Gasteiger partial charge in [-0.2, -0.15) is 0 Å². The van der Waals surface area contributed by atoms with Gasteiger partial charge in [0, 0.05) is 16.5 Å². The predicted molar refractivity (Wildman–Crippen MR) is 93.2 cm³/mol. The predicted octanol–water partition coefficient (Wildman–Crippen LogP) is 3.77. The largest absolute Gasteiger partial charge is 0.481 e. The summed E-state index contributed by atoms with van der Waals surface area (Å²) in [5, 5.41) is 13.1. The van der Waals surface area contributed by atoms with Gasteiger partial charge in [-0.3, -0.25) is 4.79 Å². The Kier molecular flexibility index (Phi) is 4.43. The third-order valence-corrected chi connectivity index (χ3v) is 3.77. The van der Waals surface area contributed by atoms with Crippen LogP contribution in [0.15, 0.2) is 46.9 Å². The molecule has 6 nitrogen and oxygen atoms in total. The van der Waals surface area contributed by atoms with E-state index in [4.69, 9.17) is 14.3 Å². The quantitative estimate of drug-likeness (QED) is 0.739. The summed E-state index contributed by atoms with van der Waals surface area (Å²) in [4.78, 5) is 23.2. The van der Waals surface area contributed by atoms with Gasteiger partial charge in [0.1, 0.15) is 17.3 Å². The summed E-state index contributed by atoms with van der Waals surface area (Å²) in [6, 6.07) is 12.4. The van der Waals surface area contributed by atoms with Gasteiger partial charge in [0.2, 0.25) is 0 Å². The van der Waals surface area contributed by atoms with E-state index < -0.39 is 12.6 Å². The first-order valence-electron chi connectivity index (χ1n) is 7.70. The van der Waals surface area contributed by atoms with Crippen LogP contribution in [0.2, 0.25) is 0 Å². The van der Waals surface area contributed by atoms with Gasteiger partial charge in [-0.1, -0.05) is 24.3 Å². The second-order valence-corrected chi connectivity index (χ2v) is 5.62. The number of carboxylic acid groups (broad SMARTS) is 1. The number of carboxylic acids is 1. The molecule has 2 aromatic carbocycles. The summed E-state index contributed by atoms with van der Waals surface area (Å²) in [6.45, 7) is 3.10. The smallest absolute Gasteiger partial charge is 0.341 e. The number of rotatable bonds is 5. The zero-order valence-corrected chi connectivity index (χ0v) is 13.8. The van der Waals surface area contributed by atoms with Gasteiger partial charge >= 0.3 is 5.97 Å². The molecule has 0 spiro atoms. The number of hydrogen-bond acceptors (Lipinski definition) is 4. The van der Waals surface area contributed by atoms with Crippen LogP contribution in [0.25, 0.3) is 10.8 Å². The zero-order valence-electron chi connectivity index (χ0n) is 13.8. The molecule has 0 atom stereocenters. The minimum atomic E-state index is -1.05. The van der Waals surface area contributed by atoms with Gasteiger partial charge in [0.05, 0.1) is 5.56 Å². The summed E-state index contributed by atoms with van der Waals surface area (Å²) in [6.07, 6.45) is 0. The molecule has 1 heterocycles. The van der Waals surface area contributed by atoms with Crippen molar-refractivity contribution in [3.8, 4) is 5.75 Å². The second kappa shape index (κ2) is 6.68. The lowest BCUT2D eigenvalue weighted by atomic mass is 10.1. The lowest BCUT2D eigenvalue weighted by molar-refractivity contribution is -0.139. The highest BCUT2D eigenvalue weighted by atomic mass is 16.5. The Morgan fingerprint density at radius 1 is 1.12 bits per heavy atom. The van der Waals surface area contributed by atoms with Crippen molar-refractivity contribution < 1.29 is 23.8 Å². The monoisotopic (exact) mass is 339 g/mol. The average Bonchev–Trinajstić information content (AvgIpc) is 2.92. The molecule has 1 aromatic heterocycles. The fourth-order valence-corrected chi connectivity index (χ4v) is 2.69. The molecule has 3 aromatic rings. The van der Waals surface area contributed by atoms with E-state index in [0.29, 0.717) is 28.5 Å². The van der Waals surface area contributed by atoms with Gasteiger partial charge in [-0.25, -0.2) is 4.79 Å². The molecule has 0 aliphatic carbocycles. The van der Waals surface area contributed by atoms with Gasteiger partial charge in [-0.15, -0.1) is 0 Å². The molecule has 3 rings (SSSR count). The molecular weight excluding hydrogens is 322 g/mol. The topological polar surface area (TPSA) is 88.8 Å². The van der Waals surface area contributed by atoms with Gasteiger partial charge in [0.15, 0.2) is 6.61 Å². The second-order valence-electron chi connectivity index (χ2n) is 5.62. The Balaban J connectivity index is 1.94. The van der Waals surface area contributed by atoms with E-state index in [1.54, 1.807) is 32.0 Å². The van der Waals surface area contributed by atoms with Crippen molar-refractivity contribution in [2.24, 2.45) is 0 Å². The lowest BCUT2D eigenvalue weighted by Gasteiger charge is -2.12. The standard InChI is InChI=1S/C19H17NO5/c1-11-9-15(12(2)25-11)19(23)20-16-7-8-17(24-10-18(21)22)14-6-4-3-5-13(14)16/h3-9H,10H2,1-2H3,(H,20,23)(H,21,22). The third-order valence-electron chi connectivity index (χ3n) is 3.77. The molecular formula is C19H17NO5. The molecule has 0 saturated carbocycles. The summed E-state index contributed by atoms with van der Waals surface area (Å²) in [7, 11) is 0. The maximum absolute atomic E-state index is 12.5. The number of carbonyl (C=O) groups excluding carboxylic acids is 1. The molecule has 0 saturated heterocycles. The number of aryl methyl sites for hydroxylation is 2. The Morgan fingerprint density at radius 2 is 1.84 bits per heavy atom. The normalized spacial score (nSPS) is 10.6. The maximum atomic E-state index is 12.5. The van der Waals surface area contributed by atoms with Crippen LogP contribution >= 0.6 is 0 Å². The highest BCUT2D eigenvalue weighted by Crippen LogP contribution is 2.32. The lowest BCUT2D eigenvalue weighted by Crippen LogP contribution is -2.13. The molecule has 0 fully saturated rings. The Labute approximate surface area is 144 Å². The number of benzene rings is 2. The Morgan fingerprint density at radius 3 is 2.48 bits per heavy atom. The molecule has 0 aliphatic heterocycles.